The Kier molecular flexibility index (Phi) is 5.88. The number of amides is 2. The van der Waals surface area contributed by atoms with Gasteiger partial charge in [-0.25, -0.2) is 0 Å². The van der Waals surface area contributed by atoms with Crippen LogP contribution in [0, 0.1) is 6.92 Å². The van der Waals surface area contributed by atoms with Crippen LogP contribution in [0.5, 0.6) is 0 Å². The fourth-order valence-electron chi connectivity index (χ4n) is 2.16. The summed E-state index contributed by atoms with van der Waals surface area (Å²) in [7, 11) is 0. The van der Waals surface area contributed by atoms with E-state index in [0.717, 1.165) is 5.56 Å². The zero-order valence-electron chi connectivity index (χ0n) is 13.1. The summed E-state index contributed by atoms with van der Waals surface area (Å²) < 4.78 is 0. The Balaban J connectivity index is 2.11. The van der Waals surface area contributed by atoms with E-state index < -0.39 is 0 Å². The molecule has 0 aliphatic rings. The number of nitrogens with one attached hydrogen (secondary N) is 2. The van der Waals surface area contributed by atoms with Crippen LogP contribution in [-0.4, -0.2) is 18.4 Å². The number of hydrogen-bond donors (Lipinski definition) is 3. The van der Waals surface area contributed by atoms with Crippen LogP contribution in [0.15, 0.2) is 48.5 Å². The van der Waals surface area contributed by atoms with Crippen LogP contribution in [0.2, 0.25) is 0 Å². The number of hydrogen-bond acceptors (Lipinski definition) is 3. The molecule has 120 valence electrons. The van der Waals surface area contributed by atoms with Gasteiger partial charge in [0.05, 0.1) is 11.4 Å². The summed E-state index contributed by atoms with van der Waals surface area (Å²) in [5.41, 5.74) is 8.15. The number of para-hydroxylation sites is 2. The highest BCUT2D eigenvalue weighted by Gasteiger charge is 2.10. The van der Waals surface area contributed by atoms with Gasteiger partial charge in [-0.2, -0.15) is 0 Å². The molecule has 0 spiro atoms. The van der Waals surface area contributed by atoms with Gasteiger partial charge >= 0.3 is 0 Å². The van der Waals surface area contributed by atoms with E-state index in [9.17, 15) is 9.59 Å². The molecule has 0 fully saturated rings. The average Bonchev–Trinajstić information content (AvgIpc) is 2.54. The lowest BCUT2D eigenvalue weighted by atomic mass is 10.1. The quantitative estimate of drug-likeness (QED) is 0.767. The highest BCUT2D eigenvalue weighted by Crippen LogP contribution is 2.22. The molecule has 0 aromatic heterocycles. The maximum absolute atomic E-state index is 12.3. The minimum atomic E-state index is -0.211. The van der Waals surface area contributed by atoms with Crippen LogP contribution in [0.4, 0.5) is 11.4 Å². The zero-order chi connectivity index (χ0) is 16.7. The standard InChI is InChI=1S/C18H21N3O2/c1-13-6-4-7-14(12-13)18(23)21-16-9-3-2-8-15(16)20-17(22)10-5-11-19/h2-4,6-9,12H,5,10-11,19H2,1H3,(H,20,22)(H,21,23). The lowest BCUT2D eigenvalue weighted by Gasteiger charge is -2.12. The van der Waals surface area contributed by atoms with Gasteiger partial charge in [-0.15, -0.1) is 0 Å². The van der Waals surface area contributed by atoms with Crippen molar-refractivity contribution in [2.24, 2.45) is 5.73 Å². The third-order valence-corrected chi connectivity index (χ3v) is 3.34. The van der Waals surface area contributed by atoms with Gasteiger partial charge in [-0.05, 0) is 44.2 Å². The maximum Gasteiger partial charge on any atom is 0.255 e. The number of carbonyl (C=O) groups excluding carboxylic acids is 2. The predicted molar refractivity (Wildman–Crippen MR) is 92.5 cm³/mol. The van der Waals surface area contributed by atoms with Gasteiger partial charge < -0.3 is 16.4 Å². The zero-order valence-corrected chi connectivity index (χ0v) is 13.1. The molecule has 0 heterocycles. The molecule has 0 bridgehead atoms. The number of benzene rings is 2. The minimum Gasteiger partial charge on any atom is -0.330 e. The first-order valence-electron chi connectivity index (χ1n) is 7.57. The molecule has 0 atom stereocenters. The Morgan fingerprint density at radius 3 is 2.35 bits per heavy atom. The SMILES string of the molecule is Cc1cccc(C(=O)Nc2ccccc2NC(=O)CCCN)c1. The van der Waals surface area contributed by atoms with Crippen LogP contribution in [0.1, 0.15) is 28.8 Å². The lowest BCUT2D eigenvalue weighted by Crippen LogP contribution is -2.17. The van der Waals surface area contributed by atoms with Crippen molar-refractivity contribution >= 4 is 23.2 Å². The third kappa shape index (κ3) is 4.93. The first-order chi connectivity index (χ1) is 11.1. The Morgan fingerprint density at radius 2 is 1.70 bits per heavy atom. The predicted octanol–water partition coefficient (Wildman–Crippen LogP) is 2.92. The van der Waals surface area contributed by atoms with E-state index in [4.69, 9.17) is 5.73 Å². The molecule has 5 heteroatoms. The Morgan fingerprint density at radius 1 is 1.00 bits per heavy atom. The smallest absolute Gasteiger partial charge is 0.255 e. The Hall–Kier alpha value is -2.66. The van der Waals surface area contributed by atoms with Gasteiger partial charge in [0.1, 0.15) is 0 Å². The molecular formula is C18H21N3O2. The van der Waals surface area contributed by atoms with Gasteiger partial charge in [-0.1, -0.05) is 29.8 Å². The van der Waals surface area contributed by atoms with Crippen LogP contribution < -0.4 is 16.4 Å². The molecule has 2 aromatic rings. The van der Waals surface area contributed by atoms with Crippen molar-refractivity contribution in [2.75, 3.05) is 17.2 Å². The first-order valence-corrected chi connectivity index (χ1v) is 7.57. The molecule has 2 amide bonds. The van der Waals surface area contributed by atoms with E-state index in [0.29, 0.717) is 36.3 Å². The normalized spacial score (nSPS) is 10.2. The second kappa shape index (κ2) is 8.10. The number of aryl methyl sites for hydroxylation is 1. The van der Waals surface area contributed by atoms with Crippen molar-refractivity contribution in [3.63, 3.8) is 0 Å². The van der Waals surface area contributed by atoms with E-state index >= 15 is 0 Å². The number of rotatable bonds is 6. The average molecular weight is 311 g/mol. The second-order valence-electron chi connectivity index (χ2n) is 5.31. The molecule has 0 aliphatic carbocycles. The topological polar surface area (TPSA) is 84.2 Å². The Labute approximate surface area is 135 Å². The largest absolute Gasteiger partial charge is 0.330 e. The molecule has 2 rings (SSSR count). The molecule has 5 nitrogen and oxygen atoms in total. The van der Waals surface area contributed by atoms with Gasteiger partial charge in [-0.3, -0.25) is 9.59 Å². The van der Waals surface area contributed by atoms with Gasteiger partial charge in [0.2, 0.25) is 5.91 Å². The maximum atomic E-state index is 12.3. The summed E-state index contributed by atoms with van der Waals surface area (Å²) in [4.78, 5) is 24.2. The highest BCUT2D eigenvalue weighted by atomic mass is 16.2. The van der Waals surface area contributed by atoms with E-state index in [1.165, 1.54) is 0 Å². The van der Waals surface area contributed by atoms with Gasteiger partial charge in [0.15, 0.2) is 0 Å². The molecule has 0 saturated carbocycles. The van der Waals surface area contributed by atoms with Crippen LogP contribution in [-0.2, 0) is 4.79 Å². The summed E-state index contributed by atoms with van der Waals surface area (Å²) >= 11 is 0. The summed E-state index contributed by atoms with van der Waals surface area (Å²) in [5, 5.41) is 5.64. The molecule has 2 aromatic carbocycles. The number of anilines is 2. The van der Waals surface area contributed by atoms with Crippen LogP contribution in [0.3, 0.4) is 0 Å². The van der Waals surface area contributed by atoms with E-state index in [-0.39, 0.29) is 11.8 Å². The number of carbonyl (C=O) groups is 2. The van der Waals surface area contributed by atoms with Crippen molar-refractivity contribution < 1.29 is 9.59 Å². The summed E-state index contributed by atoms with van der Waals surface area (Å²) in [5.74, 6) is -0.329. The van der Waals surface area contributed by atoms with Crippen molar-refractivity contribution in [2.45, 2.75) is 19.8 Å². The third-order valence-electron chi connectivity index (χ3n) is 3.34. The minimum absolute atomic E-state index is 0.118. The van der Waals surface area contributed by atoms with Crippen molar-refractivity contribution in [3.05, 3.63) is 59.7 Å². The molecule has 4 N–H and O–H groups in total. The second-order valence-corrected chi connectivity index (χ2v) is 5.31. The lowest BCUT2D eigenvalue weighted by molar-refractivity contribution is -0.116. The van der Waals surface area contributed by atoms with E-state index in [1.807, 2.05) is 25.1 Å². The molecule has 0 unspecified atom stereocenters. The first kappa shape index (κ1) is 16.7. The molecule has 0 saturated heterocycles. The summed E-state index contributed by atoms with van der Waals surface area (Å²) in [6.45, 7) is 2.40. The summed E-state index contributed by atoms with van der Waals surface area (Å²) in [6.07, 6.45) is 0.986. The van der Waals surface area contributed by atoms with E-state index in [2.05, 4.69) is 10.6 Å². The van der Waals surface area contributed by atoms with Gasteiger partial charge in [0.25, 0.3) is 5.91 Å². The fourth-order valence-corrected chi connectivity index (χ4v) is 2.16. The fraction of sp³-hybridized carbons (Fsp3) is 0.222. The van der Waals surface area contributed by atoms with Crippen molar-refractivity contribution in [3.8, 4) is 0 Å². The summed E-state index contributed by atoms with van der Waals surface area (Å²) in [6, 6.07) is 14.5. The van der Waals surface area contributed by atoms with Crippen molar-refractivity contribution in [1.82, 2.24) is 0 Å². The molecular weight excluding hydrogens is 290 g/mol. The monoisotopic (exact) mass is 311 g/mol. The van der Waals surface area contributed by atoms with Crippen LogP contribution in [0.25, 0.3) is 0 Å². The van der Waals surface area contributed by atoms with Crippen LogP contribution >= 0.6 is 0 Å². The van der Waals surface area contributed by atoms with Gasteiger partial charge in [0, 0.05) is 12.0 Å². The molecule has 0 radical (unpaired) electrons. The molecule has 23 heavy (non-hydrogen) atoms. The van der Waals surface area contributed by atoms with Crippen molar-refractivity contribution in [1.29, 1.82) is 0 Å². The number of nitrogens with two attached hydrogens (primary N) is 1. The molecule has 0 aliphatic heterocycles. The van der Waals surface area contributed by atoms with E-state index in [1.54, 1.807) is 30.3 Å². The highest BCUT2D eigenvalue weighted by molar-refractivity contribution is 6.07. The Bertz CT molecular complexity index is 698.